The minimum atomic E-state index is -3.55. The zero-order valence-electron chi connectivity index (χ0n) is 14.4. The predicted octanol–water partition coefficient (Wildman–Crippen LogP) is 3.20. The van der Waals surface area contributed by atoms with Gasteiger partial charge in [-0.25, -0.2) is 13.1 Å². The zero-order chi connectivity index (χ0) is 17.3. The summed E-state index contributed by atoms with van der Waals surface area (Å²) in [7, 11) is -3.55. The van der Waals surface area contributed by atoms with Gasteiger partial charge in [0.05, 0.1) is 17.6 Å². The van der Waals surface area contributed by atoms with Crippen LogP contribution in [0.3, 0.4) is 0 Å². The Balaban J connectivity index is 2.66. The molecule has 1 aromatic heterocycles. The molecule has 0 aliphatic carbocycles. The fraction of sp³-hybridized carbons (Fsp3) is 0.471. The fourth-order valence-electron chi connectivity index (χ4n) is 2.48. The Morgan fingerprint density at radius 2 is 1.65 bits per heavy atom. The second kappa shape index (κ2) is 6.45. The lowest BCUT2D eigenvalue weighted by molar-refractivity contribution is 0.441. The van der Waals surface area contributed by atoms with E-state index in [1.807, 2.05) is 65.0 Å². The zero-order valence-corrected chi connectivity index (χ0v) is 15.3. The molecule has 0 saturated carbocycles. The summed E-state index contributed by atoms with van der Waals surface area (Å²) in [6.45, 7) is 10.5. The number of sulfonamides is 1. The van der Waals surface area contributed by atoms with Crippen LogP contribution in [0.25, 0.3) is 5.69 Å². The Morgan fingerprint density at radius 3 is 2.13 bits per heavy atom. The summed E-state index contributed by atoms with van der Waals surface area (Å²) in [6, 6.07) is 9.56. The van der Waals surface area contributed by atoms with Crippen molar-refractivity contribution in [2.24, 2.45) is 0 Å². The molecule has 23 heavy (non-hydrogen) atoms. The summed E-state index contributed by atoms with van der Waals surface area (Å²) in [5.74, 6) is 0. The SMILES string of the molecule is CCN(CC)S(=O)(=O)c1cn(-c2ccccc2)nc1C(C)(C)C. The molecule has 5 nitrogen and oxygen atoms in total. The van der Waals surface area contributed by atoms with E-state index in [1.165, 1.54) is 4.31 Å². The predicted molar refractivity (Wildman–Crippen MR) is 92.4 cm³/mol. The minimum absolute atomic E-state index is 0.289. The second-order valence-corrected chi connectivity index (χ2v) is 8.37. The molecule has 0 fully saturated rings. The van der Waals surface area contributed by atoms with Crippen molar-refractivity contribution in [3.8, 4) is 5.69 Å². The van der Waals surface area contributed by atoms with Crippen LogP contribution in [0.5, 0.6) is 0 Å². The molecule has 6 heteroatoms. The molecule has 1 heterocycles. The first-order valence-corrected chi connectivity index (χ1v) is 9.31. The second-order valence-electron chi connectivity index (χ2n) is 6.46. The van der Waals surface area contributed by atoms with Crippen LogP contribution in [0.1, 0.15) is 40.3 Å². The monoisotopic (exact) mass is 335 g/mol. The fourth-order valence-corrected chi connectivity index (χ4v) is 4.26. The van der Waals surface area contributed by atoms with Gasteiger partial charge in [-0.1, -0.05) is 52.8 Å². The van der Waals surface area contributed by atoms with Crippen molar-refractivity contribution in [3.63, 3.8) is 0 Å². The highest BCUT2D eigenvalue weighted by Crippen LogP contribution is 2.30. The van der Waals surface area contributed by atoms with Gasteiger partial charge in [-0.05, 0) is 12.1 Å². The van der Waals surface area contributed by atoms with Gasteiger partial charge in [0.25, 0.3) is 0 Å². The Bertz CT molecular complexity index is 755. The minimum Gasteiger partial charge on any atom is -0.239 e. The van der Waals surface area contributed by atoms with Crippen LogP contribution >= 0.6 is 0 Å². The first-order chi connectivity index (χ1) is 10.7. The van der Waals surface area contributed by atoms with Gasteiger partial charge < -0.3 is 0 Å². The number of hydrogen-bond donors (Lipinski definition) is 0. The standard InChI is InChI=1S/C17H25N3O2S/c1-6-19(7-2)23(21,22)15-13-20(14-11-9-8-10-12-14)18-16(15)17(3,4)5/h8-13H,6-7H2,1-5H3. The van der Waals surface area contributed by atoms with Crippen molar-refractivity contribution in [3.05, 3.63) is 42.2 Å². The van der Waals surface area contributed by atoms with Crippen LogP contribution in [0.2, 0.25) is 0 Å². The maximum Gasteiger partial charge on any atom is 0.246 e. The van der Waals surface area contributed by atoms with Crippen LogP contribution in [-0.2, 0) is 15.4 Å². The van der Waals surface area contributed by atoms with E-state index in [1.54, 1.807) is 10.9 Å². The average molecular weight is 335 g/mol. The molecule has 0 aliphatic heterocycles. The molecule has 0 atom stereocenters. The molecule has 0 bridgehead atoms. The maximum absolute atomic E-state index is 13.0. The van der Waals surface area contributed by atoms with Crippen molar-refractivity contribution < 1.29 is 8.42 Å². The number of hydrogen-bond acceptors (Lipinski definition) is 3. The highest BCUT2D eigenvalue weighted by molar-refractivity contribution is 7.89. The highest BCUT2D eigenvalue weighted by Gasteiger charge is 2.33. The Labute approximate surface area is 139 Å². The molecule has 1 aromatic carbocycles. The molecule has 0 aliphatic rings. The van der Waals surface area contributed by atoms with E-state index < -0.39 is 10.0 Å². The van der Waals surface area contributed by atoms with Crippen molar-refractivity contribution in [1.29, 1.82) is 0 Å². The summed E-state index contributed by atoms with van der Waals surface area (Å²) >= 11 is 0. The molecule has 0 N–H and O–H groups in total. The number of nitrogens with zero attached hydrogens (tertiary/aromatic N) is 3. The Kier molecular flexibility index (Phi) is 4.96. The van der Waals surface area contributed by atoms with Crippen LogP contribution in [0.15, 0.2) is 41.4 Å². The quantitative estimate of drug-likeness (QED) is 0.843. The smallest absolute Gasteiger partial charge is 0.239 e. The van der Waals surface area contributed by atoms with Gasteiger partial charge in [0.1, 0.15) is 4.90 Å². The van der Waals surface area contributed by atoms with Crippen molar-refractivity contribution in [2.75, 3.05) is 13.1 Å². The van der Waals surface area contributed by atoms with E-state index in [2.05, 4.69) is 5.10 Å². The first kappa shape index (κ1) is 17.7. The molecule has 0 radical (unpaired) electrons. The van der Waals surface area contributed by atoms with Crippen LogP contribution < -0.4 is 0 Å². The summed E-state index contributed by atoms with van der Waals surface area (Å²) < 4.78 is 29.1. The number of aromatic nitrogens is 2. The van der Waals surface area contributed by atoms with Crippen molar-refractivity contribution in [1.82, 2.24) is 14.1 Å². The molecule has 126 valence electrons. The van der Waals surface area contributed by atoms with E-state index in [-0.39, 0.29) is 10.3 Å². The van der Waals surface area contributed by atoms with Gasteiger partial charge in [0, 0.05) is 18.5 Å². The van der Waals surface area contributed by atoms with Gasteiger partial charge in [0.2, 0.25) is 10.0 Å². The third-order valence-corrected chi connectivity index (χ3v) is 5.79. The maximum atomic E-state index is 13.0. The summed E-state index contributed by atoms with van der Waals surface area (Å²) in [5, 5.41) is 4.58. The average Bonchev–Trinajstić information content (AvgIpc) is 2.95. The molecular weight excluding hydrogens is 310 g/mol. The molecule has 0 spiro atoms. The summed E-state index contributed by atoms with van der Waals surface area (Å²) in [5.41, 5.74) is 1.07. The Hall–Kier alpha value is -1.66. The third kappa shape index (κ3) is 3.48. The van der Waals surface area contributed by atoms with Crippen LogP contribution in [-0.4, -0.2) is 35.6 Å². The summed E-state index contributed by atoms with van der Waals surface area (Å²) in [6.07, 6.45) is 1.63. The third-order valence-electron chi connectivity index (χ3n) is 3.74. The van der Waals surface area contributed by atoms with Crippen molar-refractivity contribution >= 4 is 10.0 Å². The lowest BCUT2D eigenvalue weighted by atomic mass is 9.92. The van der Waals surface area contributed by atoms with E-state index in [9.17, 15) is 8.42 Å². The highest BCUT2D eigenvalue weighted by atomic mass is 32.2. The van der Waals surface area contributed by atoms with Crippen LogP contribution in [0.4, 0.5) is 0 Å². The molecule has 2 aromatic rings. The topological polar surface area (TPSA) is 55.2 Å². The van der Waals surface area contributed by atoms with Gasteiger partial charge in [-0.2, -0.15) is 9.40 Å². The van der Waals surface area contributed by atoms with E-state index >= 15 is 0 Å². The van der Waals surface area contributed by atoms with Crippen molar-refractivity contribution in [2.45, 2.75) is 44.9 Å². The van der Waals surface area contributed by atoms with Gasteiger partial charge in [-0.15, -0.1) is 0 Å². The molecule has 0 saturated heterocycles. The molecular formula is C17H25N3O2S. The lowest BCUT2D eigenvalue weighted by Crippen LogP contribution is -2.32. The molecule has 0 amide bonds. The first-order valence-electron chi connectivity index (χ1n) is 7.87. The van der Waals surface area contributed by atoms with E-state index in [4.69, 9.17) is 0 Å². The number of rotatable bonds is 5. The Morgan fingerprint density at radius 1 is 1.09 bits per heavy atom. The van der Waals surface area contributed by atoms with Gasteiger partial charge in [0.15, 0.2) is 0 Å². The van der Waals surface area contributed by atoms with E-state index in [0.717, 1.165) is 5.69 Å². The number of para-hydroxylation sites is 1. The lowest BCUT2D eigenvalue weighted by Gasteiger charge is -2.22. The molecule has 2 rings (SSSR count). The molecule has 0 unspecified atom stereocenters. The number of benzene rings is 1. The van der Waals surface area contributed by atoms with Crippen LogP contribution in [0, 0.1) is 0 Å². The van der Waals surface area contributed by atoms with Gasteiger partial charge >= 0.3 is 0 Å². The normalized spacial score (nSPS) is 12.8. The largest absolute Gasteiger partial charge is 0.246 e. The van der Waals surface area contributed by atoms with Gasteiger partial charge in [-0.3, -0.25) is 0 Å². The summed E-state index contributed by atoms with van der Waals surface area (Å²) in [4.78, 5) is 0.289. The van der Waals surface area contributed by atoms with E-state index in [0.29, 0.717) is 18.8 Å².